The van der Waals surface area contributed by atoms with Gasteiger partial charge in [0.2, 0.25) is 0 Å². The fourth-order valence-corrected chi connectivity index (χ4v) is 2.60. The molecule has 0 atom stereocenters. The van der Waals surface area contributed by atoms with Gasteiger partial charge in [0.05, 0.1) is 0 Å². The standard InChI is InChI=1S/C14H22N2/c1-16(2)11-12-5-7-13(8-6-12)14(15)9-3-4-10-14/h5-8H,3-4,9-11,15H2,1-2H3. The maximum absolute atomic E-state index is 6.42. The SMILES string of the molecule is CN(C)Cc1ccc(C2(N)CCCC2)cc1. The molecular formula is C14H22N2. The largest absolute Gasteiger partial charge is 0.321 e. The lowest BCUT2D eigenvalue weighted by Gasteiger charge is -2.24. The van der Waals surface area contributed by atoms with Crippen molar-refractivity contribution in [3.05, 3.63) is 35.4 Å². The van der Waals surface area contributed by atoms with Crippen molar-refractivity contribution in [2.24, 2.45) is 5.73 Å². The van der Waals surface area contributed by atoms with Crippen LogP contribution in [0.15, 0.2) is 24.3 Å². The normalized spacial score (nSPS) is 19.2. The third-order valence-corrected chi connectivity index (χ3v) is 3.52. The number of nitrogens with zero attached hydrogens (tertiary/aromatic N) is 1. The Bertz CT molecular complexity index is 334. The van der Waals surface area contributed by atoms with E-state index in [1.807, 2.05) is 0 Å². The summed E-state index contributed by atoms with van der Waals surface area (Å²) in [5.74, 6) is 0. The molecule has 1 aliphatic carbocycles. The predicted octanol–water partition coefficient (Wildman–Crippen LogP) is 2.48. The molecule has 0 bridgehead atoms. The van der Waals surface area contributed by atoms with Gasteiger partial charge in [0.25, 0.3) is 0 Å². The predicted molar refractivity (Wildman–Crippen MR) is 68.2 cm³/mol. The molecule has 88 valence electrons. The van der Waals surface area contributed by atoms with Crippen molar-refractivity contribution in [2.75, 3.05) is 14.1 Å². The fourth-order valence-electron chi connectivity index (χ4n) is 2.60. The third-order valence-electron chi connectivity index (χ3n) is 3.52. The minimum atomic E-state index is -0.0450. The molecule has 1 aromatic rings. The maximum atomic E-state index is 6.42. The van der Waals surface area contributed by atoms with E-state index in [2.05, 4.69) is 43.3 Å². The van der Waals surface area contributed by atoms with Crippen molar-refractivity contribution in [3.63, 3.8) is 0 Å². The van der Waals surface area contributed by atoms with Gasteiger partial charge >= 0.3 is 0 Å². The van der Waals surface area contributed by atoms with Crippen molar-refractivity contribution >= 4 is 0 Å². The molecular weight excluding hydrogens is 196 g/mol. The van der Waals surface area contributed by atoms with Gasteiger partial charge in [-0.1, -0.05) is 37.1 Å². The van der Waals surface area contributed by atoms with Crippen molar-refractivity contribution in [3.8, 4) is 0 Å². The smallest absolute Gasteiger partial charge is 0.0409 e. The second-order valence-electron chi connectivity index (χ2n) is 5.30. The van der Waals surface area contributed by atoms with Gasteiger partial charge in [-0.05, 0) is 38.1 Å². The van der Waals surface area contributed by atoms with Gasteiger partial charge in [0.1, 0.15) is 0 Å². The summed E-state index contributed by atoms with van der Waals surface area (Å²) in [5.41, 5.74) is 9.05. The molecule has 0 amide bonds. The Morgan fingerprint density at radius 3 is 2.19 bits per heavy atom. The van der Waals surface area contributed by atoms with Crippen LogP contribution < -0.4 is 5.73 Å². The summed E-state index contributed by atoms with van der Waals surface area (Å²) >= 11 is 0. The summed E-state index contributed by atoms with van der Waals surface area (Å²) in [6.45, 7) is 0.998. The Morgan fingerprint density at radius 2 is 1.69 bits per heavy atom. The first-order valence-corrected chi connectivity index (χ1v) is 6.13. The zero-order chi connectivity index (χ0) is 11.6. The fraction of sp³-hybridized carbons (Fsp3) is 0.571. The van der Waals surface area contributed by atoms with Crippen LogP contribution in [0.4, 0.5) is 0 Å². The van der Waals surface area contributed by atoms with Crippen molar-refractivity contribution < 1.29 is 0 Å². The van der Waals surface area contributed by atoms with Crippen molar-refractivity contribution in [1.82, 2.24) is 4.90 Å². The zero-order valence-electron chi connectivity index (χ0n) is 10.4. The van der Waals surface area contributed by atoms with Crippen LogP contribution in [0, 0.1) is 0 Å². The molecule has 0 unspecified atom stereocenters. The molecule has 0 aromatic heterocycles. The van der Waals surface area contributed by atoms with E-state index in [0.29, 0.717) is 0 Å². The third kappa shape index (κ3) is 2.45. The number of benzene rings is 1. The molecule has 2 nitrogen and oxygen atoms in total. The van der Waals surface area contributed by atoms with Gasteiger partial charge in [-0.3, -0.25) is 0 Å². The van der Waals surface area contributed by atoms with Gasteiger partial charge in [-0.2, -0.15) is 0 Å². The minimum absolute atomic E-state index is 0.0450. The lowest BCUT2D eigenvalue weighted by atomic mass is 9.89. The van der Waals surface area contributed by atoms with Gasteiger partial charge in [0, 0.05) is 12.1 Å². The van der Waals surface area contributed by atoms with Crippen LogP contribution in [0.2, 0.25) is 0 Å². The number of nitrogens with two attached hydrogens (primary N) is 1. The number of hydrogen-bond donors (Lipinski definition) is 1. The van der Waals surface area contributed by atoms with E-state index in [-0.39, 0.29) is 5.54 Å². The lowest BCUT2D eigenvalue weighted by molar-refractivity contribution is 0.402. The minimum Gasteiger partial charge on any atom is -0.321 e. The molecule has 16 heavy (non-hydrogen) atoms. The summed E-state index contributed by atoms with van der Waals surface area (Å²) in [4.78, 5) is 2.18. The topological polar surface area (TPSA) is 29.3 Å². The Morgan fingerprint density at radius 1 is 1.12 bits per heavy atom. The van der Waals surface area contributed by atoms with Crippen LogP contribution >= 0.6 is 0 Å². The van der Waals surface area contributed by atoms with E-state index < -0.39 is 0 Å². The van der Waals surface area contributed by atoms with Crippen molar-refractivity contribution in [2.45, 2.75) is 37.8 Å². The van der Waals surface area contributed by atoms with E-state index >= 15 is 0 Å². The average molecular weight is 218 g/mol. The van der Waals surface area contributed by atoms with Gasteiger partial charge in [-0.25, -0.2) is 0 Å². The first-order chi connectivity index (χ1) is 7.60. The van der Waals surface area contributed by atoms with E-state index in [1.54, 1.807) is 0 Å². The molecule has 1 aliphatic rings. The molecule has 2 rings (SSSR count). The Kier molecular flexibility index (Phi) is 3.31. The number of hydrogen-bond acceptors (Lipinski definition) is 2. The summed E-state index contributed by atoms with van der Waals surface area (Å²) in [6.07, 6.45) is 4.83. The van der Waals surface area contributed by atoms with Gasteiger partial charge < -0.3 is 10.6 Å². The molecule has 1 saturated carbocycles. The lowest BCUT2D eigenvalue weighted by Crippen LogP contribution is -2.32. The molecule has 2 heteroatoms. The summed E-state index contributed by atoms with van der Waals surface area (Å²) in [7, 11) is 4.19. The van der Waals surface area contributed by atoms with E-state index in [0.717, 1.165) is 19.4 Å². The zero-order valence-corrected chi connectivity index (χ0v) is 10.4. The van der Waals surface area contributed by atoms with Crippen LogP contribution in [0.3, 0.4) is 0 Å². The quantitative estimate of drug-likeness (QED) is 0.844. The Labute approximate surface area is 98.4 Å². The molecule has 0 spiro atoms. The van der Waals surface area contributed by atoms with Crippen LogP contribution in [-0.4, -0.2) is 19.0 Å². The molecule has 1 fully saturated rings. The Hall–Kier alpha value is -0.860. The highest BCUT2D eigenvalue weighted by molar-refractivity contribution is 5.29. The monoisotopic (exact) mass is 218 g/mol. The van der Waals surface area contributed by atoms with Crippen molar-refractivity contribution in [1.29, 1.82) is 0 Å². The van der Waals surface area contributed by atoms with E-state index in [4.69, 9.17) is 5.73 Å². The molecule has 0 aliphatic heterocycles. The van der Waals surface area contributed by atoms with Gasteiger partial charge in [0.15, 0.2) is 0 Å². The number of rotatable bonds is 3. The van der Waals surface area contributed by atoms with Crippen LogP contribution in [0.5, 0.6) is 0 Å². The molecule has 0 heterocycles. The molecule has 2 N–H and O–H groups in total. The first-order valence-electron chi connectivity index (χ1n) is 6.13. The highest BCUT2D eigenvalue weighted by Crippen LogP contribution is 2.36. The summed E-state index contributed by atoms with van der Waals surface area (Å²) in [6, 6.07) is 8.85. The highest BCUT2D eigenvalue weighted by Gasteiger charge is 2.30. The highest BCUT2D eigenvalue weighted by atomic mass is 15.0. The van der Waals surface area contributed by atoms with Crippen LogP contribution in [-0.2, 0) is 12.1 Å². The van der Waals surface area contributed by atoms with Crippen LogP contribution in [0.1, 0.15) is 36.8 Å². The second-order valence-corrected chi connectivity index (χ2v) is 5.30. The second kappa shape index (κ2) is 4.56. The average Bonchev–Trinajstić information content (AvgIpc) is 2.66. The molecule has 0 saturated heterocycles. The van der Waals surface area contributed by atoms with E-state index in [1.165, 1.54) is 24.0 Å². The summed E-state index contributed by atoms with van der Waals surface area (Å²) in [5, 5.41) is 0. The van der Waals surface area contributed by atoms with Gasteiger partial charge in [-0.15, -0.1) is 0 Å². The Balaban J connectivity index is 2.12. The summed E-state index contributed by atoms with van der Waals surface area (Å²) < 4.78 is 0. The molecule has 0 radical (unpaired) electrons. The molecule has 1 aromatic carbocycles. The van der Waals surface area contributed by atoms with Crippen LogP contribution in [0.25, 0.3) is 0 Å². The van der Waals surface area contributed by atoms with E-state index in [9.17, 15) is 0 Å². The maximum Gasteiger partial charge on any atom is 0.0409 e. The first kappa shape index (κ1) is 11.6.